The van der Waals surface area contributed by atoms with Crippen LogP contribution in [0.1, 0.15) is 26.3 Å². The standard InChI is InChI=1S/C16H23NO2/c1-12(2)16(3)11-17(10-14(16)15(18)19)9-13-7-5-4-6-8-13/h4-8,12,14H,9-11H2,1-3H3,(H,18,19). The lowest BCUT2D eigenvalue weighted by atomic mass is 9.71. The molecule has 1 aromatic rings. The number of hydrogen-bond acceptors (Lipinski definition) is 2. The number of hydrogen-bond donors (Lipinski definition) is 1. The second kappa shape index (κ2) is 5.33. The van der Waals surface area contributed by atoms with Crippen molar-refractivity contribution in [1.29, 1.82) is 0 Å². The smallest absolute Gasteiger partial charge is 0.308 e. The summed E-state index contributed by atoms with van der Waals surface area (Å²) in [4.78, 5) is 13.8. The summed E-state index contributed by atoms with van der Waals surface area (Å²) < 4.78 is 0. The molecule has 1 fully saturated rings. The average Bonchev–Trinajstić information content (AvgIpc) is 2.69. The van der Waals surface area contributed by atoms with Crippen LogP contribution in [-0.4, -0.2) is 29.1 Å². The summed E-state index contributed by atoms with van der Waals surface area (Å²) in [5, 5.41) is 9.45. The van der Waals surface area contributed by atoms with Gasteiger partial charge in [-0.2, -0.15) is 0 Å². The van der Waals surface area contributed by atoms with Gasteiger partial charge in [0.2, 0.25) is 0 Å². The number of likely N-dealkylation sites (tertiary alicyclic amines) is 1. The molecule has 0 aliphatic carbocycles. The molecule has 0 aromatic heterocycles. The Morgan fingerprint density at radius 1 is 1.42 bits per heavy atom. The van der Waals surface area contributed by atoms with E-state index in [-0.39, 0.29) is 11.3 Å². The highest BCUT2D eigenvalue weighted by atomic mass is 16.4. The van der Waals surface area contributed by atoms with Gasteiger partial charge in [0, 0.05) is 19.6 Å². The number of aliphatic carboxylic acids is 1. The van der Waals surface area contributed by atoms with Crippen LogP contribution in [-0.2, 0) is 11.3 Å². The average molecular weight is 261 g/mol. The van der Waals surface area contributed by atoms with Gasteiger partial charge in [0.05, 0.1) is 5.92 Å². The van der Waals surface area contributed by atoms with Crippen molar-refractivity contribution in [2.24, 2.45) is 17.3 Å². The van der Waals surface area contributed by atoms with Gasteiger partial charge in [-0.15, -0.1) is 0 Å². The van der Waals surface area contributed by atoms with Crippen LogP contribution in [0.5, 0.6) is 0 Å². The number of carboxylic acid groups (broad SMARTS) is 1. The quantitative estimate of drug-likeness (QED) is 0.906. The van der Waals surface area contributed by atoms with Crippen molar-refractivity contribution in [3.05, 3.63) is 35.9 Å². The highest BCUT2D eigenvalue weighted by Crippen LogP contribution is 2.42. The Bertz CT molecular complexity index is 443. The molecule has 1 aromatic carbocycles. The lowest BCUT2D eigenvalue weighted by molar-refractivity contribution is -0.145. The monoisotopic (exact) mass is 261 g/mol. The van der Waals surface area contributed by atoms with Crippen LogP contribution >= 0.6 is 0 Å². The lowest BCUT2D eigenvalue weighted by Gasteiger charge is -2.32. The van der Waals surface area contributed by atoms with Gasteiger partial charge < -0.3 is 5.11 Å². The van der Waals surface area contributed by atoms with E-state index in [1.165, 1.54) is 5.56 Å². The van der Waals surface area contributed by atoms with Crippen molar-refractivity contribution >= 4 is 5.97 Å². The molecule has 0 amide bonds. The predicted molar refractivity (Wildman–Crippen MR) is 75.8 cm³/mol. The van der Waals surface area contributed by atoms with Gasteiger partial charge in [0.1, 0.15) is 0 Å². The molecule has 2 atom stereocenters. The van der Waals surface area contributed by atoms with E-state index < -0.39 is 5.97 Å². The minimum Gasteiger partial charge on any atom is -0.481 e. The van der Waals surface area contributed by atoms with Crippen LogP contribution in [0.3, 0.4) is 0 Å². The molecule has 3 nitrogen and oxygen atoms in total. The van der Waals surface area contributed by atoms with Crippen LogP contribution in [0, 0.1) is 17.3 Å². The summed E-state index contributed by atoms with van der Waals surface area (Å²) in [6.07, 6.45) is 0. The van der Waals surface area contributed by atoms with Crippen molar-refractivity contribution in [2.45, 2.75) is 27.3 Å². The molecule has 2 rings (SSSR count). The van der Waals surface area contributed by atoms with Crippen molar-refractivity contribution in [3.8, 4) is 0 Å². The van der Waals surface area contributed by atoms with Crippen LogP contribution in [0.2, 0.25) is 0 Å². The zero-order chi connectivity index (χ0) is 14.0. The van der Waals surface area contributed by atoms with Gasteiger partial charge in [-0.05, 0) is 16.9 Å². The Labute approximate surface area is 115 Å². The first-order chi connectivity index (χ1) is 8.93. The zero-order valence-corrected chi connectivity index (χ0v) is 12.0. The van der Waals surface area contributed by atoms with Crippen molar-refractivity contribution in [1.82, 2.24) is 4.90 Å². The van der Waals surface area contributed by atoms with Crippen LogP contribution in [0.15, 0.2) is 30.3 Å². The molecule has 1 heterocycles. The Hall–Kier alpha value is -1.35. The Balaban J connectivity index is 2.13. The number of nitrogens with zero attached hydrogens (tertiary/aromatic N) is 1. The van der Waals surface area contributed by atoms with Crippen molar-refractivity contribution < 1.29 is 9.90 Å². The number of rotatable bonds is 4. The molecule has 0 bridgehead atoms. The molecule has 1 aliphatic heterocycles. The SMILES string of the molecule is CC(C)C1(C)CN(Cc2ccccc2)CC1C(=O)O. The molecule has 0 radical (unpaired) electrons. The van der Waals surface area contributed by atoms with Gasteiger partial charge in [0.15, 0.2) is 0 Å². The van der Waals surface area contributed by atoms with Gasteiger partial charge in [-0.1, -0.05) is 51.1 Å². The molecular formula is C16H23NO2. The second-order valence-electron chi connectivity index (χ2n) is 6.21. The summed E-state index contributed by atoms with van der Waals surface area (Å²) in [5.74, 6) is -0.558. The van der Waals surface area contributed by atoms with Crippen molar-refractivity contribution in [3.63, 3.8) is 0 Å². The molecule has 19 heavy (non-hydrogen) atoms. The van der Waals surface area contributed by atoms with Crippen LogP contribution < -0.4 is 0 Å². The first-order valence-electron chi connectivity index (χ1n) is 6.92. The predicted octanol–water partition coefficient (Wildman–Crippen LogP) is 2.87. The van der Waals surface area contributed by atoms with Crippen LogP contribution in [0.25, 0.3) is 0 Å². The first kappa shape index (κ1) is 14.1. The van der Waals surface area contributed by atoms with E-state index in [9.17, 15) is 9.90 Å². The summed E-state index contributed by atoms with van der Waals surface area (Å²) >= 11 is 0. The lowest BCUT2D eigenvalue weighted by Crippen LogP contribution is -2.36. The van der Waals surface area contributed by atoms with E-state index in [4.69, 9.17) is 0 Å². The van der Waals surface area contributed by atoms with Crippen LogP contribution in [0.4, 0.5) is 0 Å². The highest BCUT2D eigenvalue weighted by molar-refractivity contribution is 5.72. The summed E-state index contributed by atoms with van der Waals surface area (Å²) in [6.45, 7) is 8.72. The Kier molecular flexibility index (Phi) is 3.95. The van der Waals surface area contributed by atoms with Gasteiger partial charge >= 0.3 is 5.97 Å². The molecule has 0 spiro atoms. The number of carbonyl (C=O) groups is 1. The fourth-order valence-corrected chi connectivity index (χ4v) is 3.03. The molecule has 3 heteroatoms. The Morgan fingerprint density at radius 2 is 2.05 bits per heavy atom. The van der Waals surface area contributed by atoms with E-state index in [0.29, 0.717) is 12.5 Å². The normalized spacial score (nSPS) is 27.9. The fraction of sp³-hybridized carbons (Fsp3) is 0.562. The van der Waals surface area contributed by atoms with Gasteiger partial charge in [-0.25, -0.2) is 0 Å². The molecule has 1 aliphatic rings. The third-order valence-corrected chi connectivity index (χ3v) is 4.67. The molecular weight excluding hydrogens is 238 g/mol. The van der Waals surface area contributed by atoms with E-state index in [2.05, 4.69) is 37.8 Å². The number of benzene rings is 1. The third kappa shape index (κ3) is 2.81. The summed E-state index contributed by atoms with van der Waals surface area (Å²) in [7, 11) is 0. The first-order valence-corrected chi connectivity index (χ1v) is 6.92. The topological polar surface area (TPSA) is 40.5 Å². The van der Waals surface area contributed by atoms with Gasteiger partial charge in [0.25, 0.3) is 0 Å². The molecule has 1 saturated heterocycles. The van der Waals surface area contributed by atoms with E-state index in [1.807, 2.05) is 18.2 Å². The molecule has 0 saturated carbocycles. The van der Waals surface area contributed by atoms with Gasteiger partial charge in [-0.3, -0.25) is 9.69 Å². The largest absolute Gasteiger partial charge is 0.481 e. The minimum absolute atomic E-state index is 0.138. The summed E-state index contributed by atoms with van der Waals surface area (Å²) in [5.41, 5.74) is 1.11. The fourth-order valence-electron chi connectivity index (χ4n) is 3.03. The zero-order valence-electron chi connectivity index (χ0n) is 12.0. The van der Waals surface area contributed by atoms with E-state index in [1.54, 1.807) is 0 Å². The van der Waals surface area contributed by atoms with Crippen molar-refractivity contribution in [2.75, 3.05) is 13.1 Å². The molecule has 2 unspecified atom stereocenters. The molecule has 1 N–H and O–H groups in total. The maximum atomic E-state index is 11.5. The maximum Gasteiger partial charge on any atom is 0.308 e. The second-order valence-corrected chi connectivity index (χ2v) is 6.21. The summed E-state index contributed by atoms with van der Waals surface area (Å²) in [6, 6.07) is 10.3. The highest BCUT2D eigenvalue weighted by Gasteiger charge is 2.48. The maximum absolute atomic E-state index is 11.5. The number of carboxylic acids is 1. The Morgan fingerprint density at radius 3 is 2.53 bits per heavy atom. The minimum atomic E-state index is -0.660. The van der Waals surface area contributed by atoms with E-state index >= 15 is 0 Å². The molecule has 104 valence electrons. The third-order valence-electron chi connectivity index (χ3n) is 4.67. The van der Waals surface area contributed by atoms with E-state index in [0.717, 1.165) is 13.1 Å².